The first-order chi connectivity index (χ1) is 24.8. The number of nitrogens with zero attached hydrogens (tertiary/aromatic N) is 3. The number of aliphatic imine (C=N–C) groups is 2. The molecule has 0 spiro atoms. The molecule has 0 aliphatic carbocycles. The number of fused-ring (bicyclic) bond motifs is 6. The van der Waals surface area contributed by atoms with E-state index in [1.807, 2.05) is 36.4 Å². The second-order valence-electron chi connectivity index (χ2n) is 12.6. The number of hydrogen-bond donors (Lipinski definition) is 1. The molecule has 10 rings (SSSR count). The summed E-state index contributed by atoms with van der Waals surface area (Å²) in [6.07, 6.45) is -0.368. The van der Waals surface area contributed by atoms with Gasteiger partial charge < -0.3 is 14.3 Å². The lowest BCUT2D eigenvalue weighted by atomic mass is 10.0. The monoisotopic (exact) mass is 642 g/mol. The molecular formula is C45H30N4O. The molecule has 5 heteroatoms. The van der Waals surface area contributed by atoms with Crippen LogP contribution < -0.4 is 5.32 Å². The summed E-state index contributed by atoms with van der Waals surface area (Å²) < 4.78 is 9.06. The molecule has 3 heterocycles. The lowest BCUT2D eigenvalue weighted by molar-refractivity contribution is 0.666. The first-order valence-corrected chi connectivity index (χ1v) is 16.9. The molecule has 2 aromatic heterocycles. The maximum Gasteiger partial charge on any atom is 0.169 e. The number of nitrogens with one attached hydrogen (secondary N) is 1. The van der Waals surface area contributed by atoms with E-state index in [0.717, 1.165) is 78.1 Å². The summed E-state index contributed by atoms with van der Waals surface area (Å²) in [5.74, 6) is 1.62. The second-order valence-corrected chi connectivity index (χ2v) is 12.6. The molecule has 1 aliphatic rings. The number of amidine groups is 2. The van der Waals surface area contributed by atoms with E-state index in [2.05, 4.69) is 143 Å². The molecule has 236 valence electrons. The number of furan rings is 1. The van der Waals surface area contributed by atoms with Crippen molar-refractivity contribution in [2.75, 3.05) is 0 Å². The third-order valence-electron chi connectivity index (χ3n) is 9.68. The predicted octanol–water partition coefficient (Wildman–Crippen LogP) is 10.8. The molecule has 50 heavy (non-hydrogen) atoms. The Morgan fingerprint density at radius 3 is 1.66 bits per heavy atom. The van der Waals surface area contributed by atoms with E-state index in [0.29, 0.717) is 0 Å². The molecule has 9 aromatic rings. The summed E-state index contributed by atoms with van der Waals surface area (Å²) in [6.45, 7) is 0. The maximum atomic E-state index is 6.73. The highest BCUT2D eigenvalue weighted by atomic mass is 16.3. The predicted molar refractivity (Wildman–Crippen MR) is 205 cm³/mol. The average Bonchev–Trinajstić information content (AvgIpc) is 3.74. The summed E-state index contributed by atoms with van der Waals surface area (Å²) in [4.78, 5) is 10.1. The normalized spacial score (nSPS) is 13.5. The zero-order chi connectivity index (χ0) is 33.0. The highest BCUT2D eigenvalue weighted by Crippen LogP contribution is 2.39. The van der Waals surface area contributed by atoms with E-state index in [1.54, 1.807) is 0 Å². The van der Waals surface area contributed by atoms with Gasteiger partial charge >= 0.3 is 0 Å². The fourth-order valence-electron chi connectivity index (χ4n) is 7.25. The molecule has 5 nitrogen and oxygen atoms in total. The van der Waals surface area contributed by atoms with Crippen molar-refractivity contribution in [2.24, 2.45) is 9.98 Å². The molecule has 0 radical (unpaired) electrons. The van der Waals surface area contributed by atoms with Crippen LogP contribution in [0.1, 0.15) is 22.9 Å². The molecule has 1 N–H and O–H groups in total. The Morgan fingerprint density at radius 2 is 1.02 bits per heavy atom. The third kappa shape index (κ3) is 4.63. The van der Waals surface area contributed by atoms with Gasteiger partial charge in [-0.3, -0.25) is 0 Å². The maximum absolute atomic E-state index is 6.73. The van der Waals surface area contributed by atoms with Gasteiger partial charge in [-0.2, -0.15) is 0 Å². The molecular weight excluding hydrogens is 613 g/mol. The summed E-state index contributed by atoms with van der Waals surface area (Å²) in [5, 5.41) is 8.14. The van der Waals surface area contributed by atoms with Gasteiger partial charge in [-0.1, -0.05) is 140 Å². The number of para-hydroxylation sites is 3. The SMILES string of the molecule is c1ccc(C2=NC(c3ccc(-c4ccc5c(c4)oc4c(-n6c7ccccc7c7ccccc76)cccc45)cc3)N=C(c3ccccc3)N2)cc1. The Bertz CT molecular complexity index is 2660. The summed E-state index contributed by atoms with van der Waals surface area (Å²) in [7, 11) is 0. The highest BCUT2D eigenvalue weighted by molar-refractivity contribution is 6.16. The zero-order valence-corrected chi connectivity index (χ0v) is 27.0. The molecule has 0 amide bonds. The largest absolute Gasteiger partial charge is 0.454 e. The lowest BCUT2D eigenvalue weighted by Crippen LogP contribution is -2.35. The number of aromatic nitrogens is 1. The van der Waals surface area contributed by atoms with E-state index in [-0.39, 0.29) is 6.17 Å². The summed E-state index contributed by atoms with van der Waals surface area (Å²) >= 11 is 0. The van der Waals surface area contributed by atoms with Gasteiger partial charge in [0.05, 0.1) is 16.7 Å². The van der Waals surface area contributed by atoms with Crippen molar-refractivity contribution >= 4 is 55.4 Å². The Labute approximate surface area is 288 Å². The van der Waals surface area contributed by atoms with Crippen molar-refractivity contribution in [3.63, 3.8) is 0 Å². The van der Waals surface area contributed by atoms with Gasteiger partial charge in [0.15, 0.2) is 11.7 Å². The van der Waals surface area contributed by atoms with Gasteiger partial charge in [-0.05, 0) is 47.0 Å². The van der Waals surface area contributed by atoms with Gasteiger partial charge in [0.1, 0.15) is 17.3 Å². The van der Waals surface area contributed by atoms with Crippen LogP contribution in [0.3, 0.4) is 0 Å². The standard InChI is InChI=1S/C45H30N4O/c1-3-12-30(13-4-1)43-46-44(31-14-5-2-6-15-31)48-45(47-43)32-24-22-29(23-25-32)33-26-27-36-37-18-11-21-40(42(37)50-41(36)28-33)49-38-19-9-7-16-34(38)35-17-8-10-20-39(35)49/h1-28,45H,(H,46,47,48). The van der Waals surface area contributed by atoms with Gasteiger partial charge in [0.2, 0.25) is 0 Å². The number of rotatable bonds is 5. The van der Waals surface area contributed by atoms with Gasteiger partial charge in [0.25, 0.3) is 0 Å². The quantitative estimate of drug-likeness (QED) is 0.203. The Kier molecular flexibility index (Phi) is 6.49. The molecule has 7 aromatic carbocycles. The van der Waals surface area contributed by atoms with Crippen molar-refractivity contribution in [2.45, 2.75) is 6.17 Å². The smallest absolute Gasteiger partial charge is 0.169 e. The van der Waals surface area contributed by atoms with Crippen molar-refractivity contribution < 1.29 is 4.42 Å². The average molecular weight is 643 g/mol. The molecule has 0 saturated carbocycles. The second kappa shape index (κ2) is 11.5. The van der Waals surface area contributed by atoms with Crippen LogP contribution in [0.25, 0.3) is 60.6 Å². The molecule has 0 atom stereocenters. The van der Waals surface area contributed by atoms with Crippen LogP contribution in [0, 0.1) is 0 Å². The minimum atomic E-state index is -0.368. The van der Waals surface area contributed by atoms with Crippen LogP contribution in [-0.4, -0.2) is 16.2 Å². The first-order valence-electron chi connectivity index (χ1n) is 16.9. The molecule has 0 fully saturated rings. The fourth-order valence-corrected chi connectivity index (χ4v) is 7.25. The summed E-state index contributed by atoms with van der Waals surface area (Å²) in [5.41, 5.74) is 10.4. The number of hydrogen-bond acceptors (Lipinski definition) is 4. The van der Waals surface area contributed by atoms with Crippen molar-refractivity contribution in [1.29, 1.82) is 0 Å². The van der Waals surface area contributed by atoms with Crippen LogP contribution >= 0.6 is 0 Å². The summed E-state index contributed by atoms with van der Waals surface area (Å²) in [6, 6.07) is 59.1. The van der Waals surface area contributed by atoms with Crippen LogP contribution in [-0.2, 0) is 0 Å². The Balaban J connectivity index is 1.03. The van der Waals surface area contributed by atoms with E-state index >= 15 is 0 Å². The van der Waals surface area contributed by atoms with E-state index < -0.39 is 0 Å². The Morgan fingerprint density at radius 1 is 0.460 bits per heavy atom. The van der Waals surface area contributed by atoms with E-state index in [4.69, 9.17) is 14.4 Å². The first kappa shape index (κ1) is 28.3. The fraction of sp³-hybridized carbons (Fsp3) is 0.0222. The van der Waals surface area contributed by atoms with Crippen LogP contribution in [0.4, 0.5) is 0 Å². The van der Waals surface area contributed by atoms with Gasteiger partial charge in [-0.25, -0.2) is 9.98 Å². The number of benzene rings is 7. The van der Waals surface area contributed by atoms with Crippen molar-refractivity contribution in [1.82, 2.24) is 9.88 Å². The van der Waals surface area contributed by atoms with Gasteiger partial charge in [-0.15, -0.1) is 0 Å². The third-order valence-corrected chi connectivity index (χ3v) is 9.68. The van der Waals surface area contributed by atoms with E-state index in [9.17, 15) is 0 Å². The Hall–Kier alpha value is -6.72. The molecule has 0 bridgehead atoms. The molecule has 0 saturated heterocycles. The molecule has 1 aliphatic heterocycles. The minimum absolute atomic E-state index is 0.368. The van der Waals surface area contributed by atoms with Gasteiger partial charge in [0, 0.05) is 32.7 Å². The van der Waals surface area contributed by atoms with Crippen molar-refractivity contribution in [3.8, 4) is 16.8 Å². The molecule has 0 unspecified atom stereocenters. The van der Waals surface area contributed by atoms with Crippen LogP contribution in [0.15, 0.2) is 184 Å². The minimum Gasteiger partial charge on any atom is -0.454 e. The van der Waals surface area contributed by atoms with Crippen LogP contribution in [0.5, 0.6) is 0 Å². The zero-order valence-electron chi connectivity index (χ0n) is 27.0. The van der Waals surface area contributed by atoms with Crippen LogP contribution in [0.2, 0.25) is 0 Å². The highest BCUT2D eigenvalue weighted by Gasteiger charge is 2.21. The lowest BCUT2D eigenvalue weighted by Gasteiger charge is -2.22. The van der Waals surface area contributed by atoms with Crippen molar-refractivity contribution in [3.05, 3.63) is 187 Å². The topological polar surface area (TPSA) is 54.8 Å². The van der Waals surface area contributed by atoms with E-state index in [1.165, 1.54) is 10.8 Å².